The molecule has 2 nitrogen and oxygen atoms in total. The van der Waals surface area contributed by atoms with Crippen molar-refractivity contribution < 1.29 is 9.31 Å². The van der Waals surface area contributed by atoms with Gasteiger partial charge in [0.05, 0.1) is 11.2 Å². The number of benzene rings is 1. The highest BCUT2D eigenvalue weighted by Gasteiger charge is 2.52. The zero-order valence-corrected chi connectivity index (χ0v) is 15.1. The van der Waals surface area contributed by atoms with Crippen molar-refractivity contribution in [3.05, 3.63) is 28.2 Å². The summed E-state index contributed by atoms with van der Waals surface area (Å²) in [5, 5.41) is 0. The summed E-state index contributed by atoms with van der Waals surface area (Å²) in [5.41, 5.74) is 1.84. The third-order valence-corrected chi connectivity index (χ3v) is 5.09. The van der Waals surface area contributed by atoms with E-state index in [2.05, 4.69) is 82.6 Å². The zero-order valence-electron chi connectivity index (χ0n) is 13.5. The maximum absolute atomic E-state index is 6.15. The van der Waals surface area contributed by atoms with Crippen LogP contribution in [-0.4, -0.2) is 18.3 Å². The Hall–Kier alpha value is -0.315. The molecule has 1 aliphatic heterocycles. The number of rotatable bonds is 1. The van der Waals surface area contributed by atoms with E-state index in [1.54, 1.807) is 0 Å². The topological polar surface area (TPSA) is 18.5 Å². The molecule has 1 saturated heterocycles. The highest BCUT2D eigenvalue weighted by molar-refractivity contribution is 9.10. The van der Waals surface area contributed by atoms with E-state index in [-0.39, 0.29) is 23.7 Å². The fourth-order valence-electron chi connectivity index (χ4n) is 2.16. The van der Waals surface area contributed by atoms with Crippen LogP contribution in [0.25, 0.3) is 0 Å². The zero-order chi connectivity index (χ0) is 15.3. The summed E-state index contributed by atoms with van der Waals surface area (Å²) in [6.07, 6.45) is 0. The molecule has 0 aromatic heterocycles. The van der Waals surface area contributed by atoms with Gasteiger partial charge in [0.2, 0.25) is 0 Å². The van der Waals surface area contributed by atoms with Crippen molar-refractivity contribution in [1.29, 1.82) is 0 Å². The van der Waals surface area contributed by atoms with Gasteiger partial charge in [-0.3, -0.25) is 0 Å². The molecule has 0 spiro atoms. The van der Waals surface area contributed by atoms with Crippen molar-refractivity contribution >= 4 is 28.5 Å². The first kappa shape index (κ1) is 16.1. The highest BCUT2D eigenvalue weighted by Crippen LogP contribution is 2.37. The molecule has 1 aromatic carbocycles. The third-order valence-electron chi connectivity index (χ3n) is 4.37. The van der Waals surface area contributed by atoms with E-state index in [4.69, 9.17) is 9.31 Å². The van der Waals surface area contributed by atoms with E-state index in [0.29, 0.717) is 0 Å². The Morgan fingerprint density at radius 2 is 1.50 bits per heavy atom. The summed E-state index contributed by atoms with van der Waals surface area (Å²) >= 11 is 3.62. The molecule has 0 aliphatic carbocycles. The normalized spacial score (nSPS) is 21.3. The maximum atomic E-state index is 6.15. The predicted molar refractivity (Wildman–Crippen MR) is 88.6 cm³/mol. The fraction of sp³-hybridized carbons (Fsp3) is 0.625. The average molecular weight is 339 g/mol. The molecular formula is C16H24BBrO2. The summed E-state index contributed by atoms with van der Waals surface area (Å²) in [6, 6.07) is 6.42. The second-order valence-corrected chi connectivity index (χ2v) is 8.43. The summed E-state index contributed by atoms with van der Waals surface area (Å²) in [4.78, 5) is 0. The maximum Gasteiger partial charge on any atom is 0.496 e. The van der Waals surface area contributed by atoms with Crippen LogP contribution in [0.1, 0.15) is 54.0 Å². The minimum atomic E-state index is -0.323. The first-order valence-corrected chi connectivity index (χ1v) is 7.89. The largest absolute Gasteiger partial charge is 0.496 e. The molecule has 0 radical (unpaired) electrons. The van der Waals surface area contributed by atoms with Gasteiger partial charge in [-0.1, -0.05) is 48.8 Å². The molecule has 0 bridgehead atoms. The van der Waals surface area contributed by atoms with Crippen LogP contribution in [0.2, 0.25) is 0 Å². The monoisotopic (exact) mass is 338 g/mol. The van der Waals surface area contributed by atoms with Gasteiger partial charge in [-0.05, 0) is 50.2 Å². The molecule has 0 saturated carbocycles. The molecule has 1 aliphatic rings. The Labute approximate surface area is 131 Å². The van der Waals surface area contributed by atoms with Gasteiger partial charge in [0.1, 0.15) is 0 Å². The molecule has 0 N–H and O–H groups in total. The van der Waals surface area contributed by atoms with Crippen LogP contribution in [0.15, 0.2) is 22.7 Å². The van der Waals surface area contributed by atoms with Crippen LogP contribution in [0, 0.1) is 0 Å². The van der Waals surface area contributed by atoms with Gasteiger partial charge < -0.3 is 9.31 Å². The van der Waals surface area contributed by atoms with Gasteiger partial charge in [-0.2, -0.15) is 0 Å². The molecule has 1 fully saturated rings. The van der Waals surface area contributed by atoms with E-state index < -0.39 is 0 Å². The Morgan fingerprint density at radius 1 is 1.00 bits per heavy atom. The summed E-state index contributed by atoms with van der Waals surface area (Å²) in [6.45, 7) is 14.9. The van der Waals surface area contributed by atoms with Gasteiger partial charge in [-0.15, -0.1) is 0 Å². The van der Waals surface area contributed by atoms with Crippen molar-refractivity contribution in [3.8, 4) is 0 Å². The van der Waals surface area contributed by atoms with Crippen LogP contribution in [0.5, 0.6) is 0 Å². The van der Waals surface area contributed by atoms with Crippen LogP contribution >= 0.6 is 15.9 Å². The first-order valence-electron chi connectivity index (χ1n) is 7.10. The Morgan fingerprint density at radius 3 is 1.95 bits per heavy atom. The van der Waals surface area contributed by atoms with Gasteiger partial charge >= 0.3 is 7.12 Å². The Kier molecular flexibility index (Phi) is 3.90. The minimum Gasteiger partial charge on any atom is -0.399 e. The van der Waals surface area contributed by atoms with E-state index in [1.807, 2.05) is 0 Å². The van der Waals surface area contributed by atoms with E-state index in [9.17, 15) is 0 Å². The SMILES string of the molecule is CC(C)(C)c1ccc(Br)c(B2OC(C)(C)C(C)(C)O2)c1. The van der Waals surface area contributed by atoms with Gasteiger partial charge in [0, 0.05) is 4.47 Å². The molecule has 1 aromatic rings. The van der Waals surface area contributed by atoms with Crippen LogP contribution in [0.4, 0.5) is 0 Å². The van der Waals surface area contributed by atoms with Crippen molar-refractivity contribution in [2.45, 2.75) is 65.1 Å². The average Bonchev–Trinajstić information content (AvgIpc) is 2.46. The molecule has 4 heteroatoms. The second kappa shape index (κ2) is 4.86. The molecule has 0 unspecified atom stereocenters. The molecular weight excluding hydrogens is 315 g/mol. The third kappa shape index (κ3) is 2.83. The standard InChI is InChI=1S/C16H24BBrO2/c1-14(2,3)11-8-9-13(18)12(10-11)17-19-15(4,5)16(6,7)20-17/h8-10H,1-7H3. The van der Waals surface area contributed by atoms with Crippen LogP contribution in [-0.2, 0) is 14.7 Å². The fourth-order valence-corrected chi connectivity index (χ4v) is 2.59. The lowest BCUT2D eigenvalue weighted by Gasteiger charge is -2.32. The van der Waals surface area contributed by atoms with Crippen LogP contribution < -0.4 is 5.46 Å². The number of hydrogen-bond donors (Lipinski definition) is 0. The highest BCUT2D eigenvalue weighted by atomic mass is 79.9. The van der Waals surface area contributed by atoms with Crippen molar-refractivity contribution in [2.24, 2.45) is 0 Å². The lowest BCUT2D eigenvalue weighted by atomic mass is 9.75. The summed E-state index contributed by atoms with van der Waals surface area (Å²) in [5.74, 6) is 0. The van der Waals surface area contributed by atoms with Gasteiger partial charge in [0.25, 0.3) is 0 Å². The van der Waals surface area contributed by atoms with E-state index in [0.717, 1.165) is 9.94 Å². The lowest BCUT2D eigenvalue weighted by molar-refractivity contribution is 0.00578. The molecule has 0 amide bonds. The predicted octanol–water partition coefficient (Wildman–Crippen LogP) is 4.05. The van der Waals surface area contributed by atoms with Gasteiger partial charge in [-0.25, -0.2) is 0 Å². The molecule has 0 atom stereocenters. The summed E-state index contributed by atoms with van der Waals surface area (Å²) in [7, 11) is -0.323. The number of hydrogen-bond acceptors (Lipinski definition) is 2. The lowest BCUT2D eigenvalue weighted by Crippen LogP contribution is -2.41. The minimum absolute atomic E-state index is 0.110. The molecule has 110 valence electrons. The Bertz CT molecular complexity index is 502. The molecule has 2 rings (SSSR count). The second-order valence-electron chi connectivity index (χ2n) is 7.57. The van der Waals surface area contributed by atoms with E-state index in [1.165, 1.54) is 5.56 Å². The molecule has 20 heavy (non-hydrogen) atoms. The Balaban J connectivity index is 2.40. The van der Waals surface area contributed by atoms with Crippen molar-refractivity contribution in [3.63, 3.8) is 0 Å². The van der Waals surface area contributed by atoms with Gasteiger partial charge in [0.15, 0.2) is 0 Å². The quantitative estimate of drug-likeness (QED) is 0.719. The van der Waals surface area contributed by atoms with Crippen molar-refractivity contribution in [2.75, 3.05) is 0 Å². The summed E-state index contributed by atoms with van der Waals surface area (Å²) < 4.78 is 13.3. The number of halogens is 1. The molecule has 1 heterocycles. The smallest absolute Gasteiger partial charge is 0.399 e. The van der Waals surface area contributed by atoms with Crippen molar-refractivity contribution in [1.82, 2.24) is 0 Å². The first-order chi connectivity index (χ1) is 8.94. The van der Waals surface area contributed by atoms with E-state index >= 15 is 0 Å². The van der Waals surface area contributed by atoms with Crippen LogP contribution in [0.3, 0.4) is 0 Å².